The van der Waals surface area contributed by atoms with Crippen LogP contribution in [-0.2, 0) is 6.54 Å². The molecule has 2 N–H and O–H groups in total. The SMILES string of the molecule is O=C(NCc1ccc(F)cc1)NCC1CCN(c2ccncc2)CC1. The predicted octanol–water partition coefficient (Wildman–Crippen LogP) is 2.94. The largest absolute Gasteiger partial charge is 0.371 e. The Morgan fingerprint density at radius 2 is 1.76 bits per heavy atom. The molecular formula is C19H23FN4O. The number of aromatic nitrogens is 1. The van der Waals surface area contributed by atoms with Gasteiger partial charge in [-0.2, -0.15) is 0 Å². The van der Waals surface area contributed by atoms with Crippen LogP contribution in [0.25, 0.3) is 0 Å². The lowest BCUT2D eigenvalue weighted by atomic mass is 9.96. The van der Waals surface area contributed by atoms with E-state index in [1.807, 2.05) is 24.5 Å². The number of halogens is 1. The van der Waals surface area contributed by atoms with E-state index in [1.54, 1.807) is 12.1 Å². The lowest BCUT2D eigenvalue weighted by Crippen LogP contribution is -2.41. The highest BCUT2D eigenvalue weighted by atomic mass is 19.1. The molecule has 0 atom stereocenters. The maximum atomic E-state index is 12.8. The molecule has 1 aromatic heterocycles. The van der Waals surface area contributed by atoms with Crippen molar-refractivity contribution in [3.8, 4) is 0 Å². The summed E-state index contributed by atoms with van der Waals surface area (Å²) in [7, 11) is 0. The van der Waals surface area contributed by atoms with Gasteiger partial charge in [-0.15, -0.1) is 0 Å². The van der Waals surface area contributed by atoms with Gasteiger partial charge >= 0.3 is 6.03 Å². The quantitative estimate of drug-likeness (QED) is 0.878. The molecule has 0 radical (unpaired) electrons. The lowest BCUT2D eigenvalue weighted by molar-refractivity contribution is 0.237. The summed E-state index contributed by atoms with van der Waals surface area (Å²) >= 11 is 0. The molecule has 132 valence electrons. The summed E-state index contributed by atoms with van der Waals surface area (Å²) in [5, 5.41) is 5.74. The zero-order valence-electron chi connectivity index (χ0n) is 14.1. The third-order valence-electron chi connectivity index (χ3n) is 4.56. The second-order valence-electron chi connectivity index (χ2n) is 6.33. The van der Waals surface area contributed by atoms with E-state index in [9.17, 15) is 9.18 Å². The molecule has 0 saturated carbocycles. The smallest absolute Gasteiger partial charge is 0.315 e. The average Bonchev–Trinajstić information content (AvgIpc) is 2.67. The third kappa shape index (κ3) is 5.17. The van der Waals surface area contributed by atoms with E-state index in [-0.39, 0.29) is 11.8 Å². The fourth-order valence-corrected chi connectivity index (χ4v) is 3.03. The van der Waals surface area contributed by atoms with Gasteiger partial charge in [-0.25, -0.2) is 9.18 Å². The number of pyridine rings is 1. The first kappa shape index (κ1) is 17.2. The van der Waals surface area contributed by atoms with Gasteiger partial charge in [0.05, 0.1) is 0 Å². The summed E-state index contributed by atoms with van der Waals surface area (Å²) in [6.07, 6.45) is 5.74. The molecule has 5 nitrogen and oxygen atoms in total. The molecule has 1 aliphatic rings. The van der Waals surface area contributed by atoms with E-state index in [0.717, 1.165) is 31.5 Å². The molecule has 2 heterocycles. The van der Waals surface area contributed by atoms with E-state index < -0.39 is 0 Å². The zero-order valence-corrected chi connectivity index (χ0v) is 14.1. The van der Waals surface area contributed by atoms with Crippen LogP contribution in [0.5, 0.6) is 0 Å². The van der Waals surface area contributed by atoms with E-state index in [2.05, 4.69) is 20.5 Å². The molecule has 0 aliphatic carbocycles. The molecule has 25 heavy (non-hydrogen) atoms. The highest BCUT2D eigenvalue weighted by Crippen LogP contribution is 2.22. The fourth-order valence-electron chi connectivity index (χ4n) is 3.03. The third-order valence-corrected chi connectivity index (χ3v) is 4.56. The van der Waals surface area contributed by atoms with Crippen molar-refractivity contribution < 1.29 is 9.18 Å². The van der Waals surface area contributed by atoms with Crippen LogP contribution in [0.3, 0.4) is 0 Å². The normalized spacial score (nSPS) is 15.0. The number of carbonyl (C=O) groups is 1. The number of urea groups is 1. The number of rotatable bonds is 5. The molecule has 1 saturated heterocycles. The van der Waals surface area contributed by atoms with Crippen LogP contribution in [0, 0.1) is 11.7 Å². The van der Waals surface area contributed by atoms with Gasteiger partial charge in [-0.3, -0.25) is 4.98 Å². The number of nitrogens with one attached hydrogen (secondary N) is 2. The molecule has 0 unspecified atom stereocenters. The molecule has 6 heteroatoms. The first-order valence-corrected chi connectivity index (χ1v) is 8.62. The van der Waals surface area contributed by atoms with Gasteiger partial charge in [0.15, 0.2) is 0 Å². The van der Waals surface area contributed by atoms with Gasteiger partial charge in [0.1, 0.15) is 5.82 Å². The minimum absolute atomic E-state index is 0.180. The Balaban J connectivity index is 1.35. The number of hydrogen-bond acceptors (Lipinski definition) is 3. The van der Waals surface area contributed by atoms with Crippen molar-refractivity contribution in [2.45, 2.75) is 19.4 Å². The van der Waals surface area contributed by atoms with Gasteiger partial charge in [-0.1, -0.05) is 12.1 Å². The standard InChI is InChI=1S/C19H23FN4O/c20-17-3-1-15(2-4-17)13-22-19(25)23-14-16-7-11-24(12-8-16)18-5-9-21-10-6-18/h1-6,9-10,16H,7-8,11-14H2,(H2,22,23,25). The monoisotopic (exact) mass is 342 g/mol. The van der Waals surface area contributed by atoms with E-state index in [4.69, 9.17) is 0 Å². The molecule has 2 amide bonds. The summed E-state index contributed by atoms with van der Waals surface area (Å²) in [4.78, 5) is 18.3. The predicted molar refractivity (Wildman–Crippen MR) is 95.8 cm³/mol. The number of carbonyl (C=O) groups excluding carboxylic acids is 1. The van der Waals surface area contributed by atoms with Crippen molar-refractivity contribution in [3.05, 3.63) is 60.2 Å². The zero-order chi connectivity index (χ0) is 17.5. The van der Waals surface area contributed by atoms with Gasteiger partial charge in [0.25, 0.3) is 0 Å². The number of hydrogen-bond donors (Lipinski definition) is 2. The van der Waals surface area contributed by atoms with Crippen molar-refractivity contribution in [1.29, 1.82) is 0 Å². The highest BCUT2D eigenvalue weighted by molar-refractivity contribution is 5.73. The molecular weight excluding hydrogens is 319 g/mol. The number of benzene rings is 1. The Hall–Kier alpha value is -2.63. The first-order valence-electron chi connectivity index (χ1n) is 8.62. The van der Waals surface area contributed by atoms with Crippen molar-refractivity contribution in [2.24, 2.45) is 5.92 Å². The molecule has 0 bridgehead atoms. The number of amides is 2. The van der Waals surface area contributed by atoms with E-state index in [0.29, 0.717) is 19.0 Å². The summed E-state index contributed by atoms with van der Waals surface area (Å²) < 4.78 is 12.8. The number of nitrogens with zero attached hydrogens (tertiary/aromatic N) is 2. The Labute approximate surface area is 147 Å². The van der Waals surface area contributed by atoms with E-state index >= 15 is 0 Å². The summed E-state index contributed by atoms with van der Waals surface area (Å²) in [6.45, 7) is 3.06. The molecule has 1 fully saturated rings. The Morgan fingerprint density at radius 1 is 1.08 bits per heavy atom. The molecule has 3 rings (SSSR count). The van der Waals surface area contributed by atoms with Crippen LogP contribution in [0.1, 0.15) is 18.4 Å². The molecule has 1 aliphatic heterocycles. The van der Waals surface area contributed by atoms with Crippen LogP contribution in [0.15, 0.2) is 48.8 Å². The minimum Gasteiger partial charge on any atom is -0.371 e. The maximum absolute atomic E-state index is 12.8. The maximum Gasteiger partial charge on any atom is 0.315 e. The average molecular weight is 342 g/mol. The van der Waals surface area contributed by atoms with Crippen LogP contribution in [-0.4, -0.2) is 30.6 Å². The van der Waals surface area contributed by atoms with Crippen molar-refractivity contribution in [1.82, 2.24) is 15.6 Å². The van der Waals surface area contributed by atoms with Gasteiger partial charge in [0, 0.05) is 44.3 Å². The van der Waals surface area contributed by atoms with E-state index in [1.165, 1.54) is 17.8 Å². The van der Waals surface area contributed by atoms with Crippen LogP contribution < -0.4 is 15.5 Å². The highest BCUT2D eigenvalue weighted by Gasteiger charge is 2.19. The van der Waals surface area contributed by atoms with Crippen molar-refractivity contribution in [3.63, 3.8) is 0 Å². The van der Waals surface area contributed by atoms with Crippen molar-refractivity contribution in [2.75, 3.05) is 24.5 Å². The van der Waals surface area contributed by atoms with Gasteiger partial charge in [-0.05, 0) is 48.6 Å². The van der Waals surface area contributed by atoms with Gasteiger partial charge < -0.3 is 15.5 Å². The molecule has 1 aromatic carbocycles. The topological polar surface area (TPSA) is 57.3 Å². The Kier molecular flexibility index (Phi) is 5.82. The molecule has 0 spiro atoms. The number of anilines is 1. The Bertz CT molecular complexity index is 670. The van der Waals surface area contributed by atoms with Crippen LogP contribution >= 0.6 is 0 Å². The van der Waals surface area contributed by atoms with Crippen LogP contribution in [0.4, 0.5) is 14.9 Å². The minimum atomic E-state index is -0.272. The summed E-state index contributed by atoms with van der Waals surface area (Å²) in [5.74, 6) is 0.223. The second-order valence-corrected chi connectivity index (χ2v) is 6.33. The summed E-state index contributed by atoms with van der Waals surface area (Å²) in [5.41, 5.74) is 2.08. The van der Waals surface area contributed by atoms with Gasteiger partial charge in [0.2, 0.25) is 0 Å². The molecule has 2 aromatic rings. The fraction of sp³-hybridized carbons (Fsp3) is 0.368. The van der Waals surface area contributed by atoms with Crippen molar-refractivity contribution >= 4 is 11.7 Å². The van der Waals surface area contributed by atoms with Crippen LogP contribution in [0.2, 0.25) is 0 Å². The number of piperidine rings is 1. The second kappa shape index (κ2) is 8.46. The lowest BCUT2D eigenvalue weighted by Gasteiger charge is -2.33. The Morgan fingerprint density at radius 3 is 2.44 bits per heavy atom. The first-order chi connectivity index (χ1) is 12.2. The summed E-state index contributed by atoms with van der Waals surface area (Å²) in [6, 6.07) is 10.0.